The number of carbonyl (C=O) groups is 3. The maximum atomic E-state index is 14.0. The maximum Gasteiger partial charge on any atom is 0.416 e. The van der Waals surface area contributed by atoms with Crippen LogP contribution in [0.3, 0.4) is 0 Å². The van der Waals surface area contributed by atoms with Crippen LogP contribution in [0.5, 0.6) is 5.75 Å². The lowest BCUT2D eigenvalue weighted by molar-refractivity contribution is -0.150. The molecule has 8 nitrogen and oxygen atoms in total. The Labute approximate surface area is 243 Å². The first kappa shape index (κ1) is 31.8. The topological polar surface area (TPSA) is 105 Å². The molecular formula is C29H30F6N4O4. The highest BCUT2D eigenvalue weighted by Crippen LogP contribution is 2.41. The van der Waals surface area contributed by atoms with Gasteiger partial charge in [0.1, 0.15) is 17.8 Å². The number of alkyl halides is 6. The summed E-state index contributed by atoms with van der Waals surface area (Å²) in [6, 6.07) is 9.81. The average Bonchev–Trinajstić information content (AvgIpc) is 3.16. The summed E-state index contributed by atoms with van der Waals surface area (Å²) < 4.78 is 85.6. The van der Waals surface area contributed by atoms with Crippen molar-refractivity contribution in [3.63, 3.8) is 0 Å². The number of hydrogen-bond donors (Lipinski definition) is 1. The zero-order valence-corrected chi connectivity index (χ0v) is 23.6. The van der Waals surface area contributed by atoms with Crippen LogP contribution in [0.4, 0.5) is 26.3 Å². The van der Waals surface area contributed by atoms with Gasteiger partial charge in [0.05, 0.1) is 28.2 Å². The molecule has 14 heteroatoms. The molecule has 1 saturated heterocycles. The van der Waals surface area contributed by atoms with Crippen molar-refractivity contribution in [3.8, 4) is 5.75 Å². The molecule has 4 rings (SSSR count). The Bertz CT molecular complexity index is 1410. The first-order valence-electron chi connectivity index (χ1n) is 13.3. The van der Waals surface area contributed by atoms with Crippen LogP contribution in [0.1, 0.15) is 37.0 Å². The molecular weight excluding hydrogens is 582 g/mol. The van der Waals surface area contributed by atoms with Gasteiger partial charge in [-0.25, -0.2) is 5.01 Å². The molecule has 0 radical (unpaired) electrons. The number of rotatable bonds is 8. The van der Waals surface area contributed by atoms with E-state index in [-0.39, 0.29) is 37.9 Å². The minimum absolute atomic E-state index is 0.0441. The molecule has 2 heterocycles. The number of hydrazone groups is 1. The van der Waals surface area contributed by atoms with Crippen LogP contribution in [0, 0.1) is 16.7 Å². The number of benzene rings is 2. The number of nitrogens with two attached hydrogens (primary N) is 1. The van der Waals surface area contributed by atoms with Crippen LogP contribution in [0.15, 0.2) is 53.6 Å². The molecule has 2 aromatic rings. The zero-order chi connectivity index (χ0) is 32.0. The van der Waals surface area contributed by atoms with E-state index in [1.165, 1.54) is 30.8 Å². The molecule has 43 heavy (non-hydrogen) atoms. The maximum absolute atomic E-state index is 14.0. The fraction of sp³-hybridized carbons (Fsp3) is 0.448. The second kappa shape index (κ2) is 11.2. The normalized spacial score (nSPS) is 20.0. The number of likely N-dealkylation sites (tertiary alicyclic amines) is 1. The Morgan fingerprint density at radius 1 is 1.02 bits per heavy atom. The van der Waals surface area contributed by atoms with Gasteiger partial charge in [-0.05, 0) is 30.2 Å². The van der Waals surface area contributed by atoms with Gasteiger partial charge in [-0.3, -0.25) is 14.4 Å². The van der Waals surface area contributed by atoms with Crippen molar-refractivity contribution < 1.29 is 45.5 Å². The van der Waals surface area contributed by atoms with Crippen molar-refractivity contribution in [2.24, 2.45) is 27.6 Å². The van der Waals surface area contributed by atoms with Gasteiger partial charge in [-0.1, -0.05) is 44.2 Å². The quantitative estimate of drug-likeness (QED) is 0.443. The summed E-state index contributed by atoms with van der Waals surface area (Å²) >= 11 is 0. The lowest BCUT2D eigenvalue weighted by Crippen LogP contribution is -2.58. The number of piperidine rings is 1. The van der Waals surface area contributed by atoms with E-state index in [0.717, 1.165) is 5.56 Å². The van der Waals surface area contributed by atoms with Crippen molar-refractivity contribution in [2.45, 2.75) is 39.0 Å². The Morgan fingerprint density at radius 3 is 2.14 bits per heavy atom. The lowest BCUT2D eigenvalue weighted by Gasteiger charge is -2.42. The molecule has 232 valence electrons. The molecule has 2 aliphatic rings. The average molecular weight is 613 g/mol. The first-order valence-corrected chi connectivity index (χ1v) is 13.3. The van der Waals surface area contributed by atoms with Gasteiger partial charge < -0.3 is 15.4 Å². The van der Waals surface area contributed by atoms with Crippen molar-refractivity contribution in [1.82, 2.24) is 9.91 Å². The number of nitrogens with zero attached hydrogens (tertiary/aromatic N) is 3. The molecule has 0 unspecified atom stereocenters. The van der Waals surface area contributed by atoms with Crippen molar-refractivity contribution in [1.29, 1.82) is 0 Å². The SMILES string of the molecule is CN1N=C2CCN(C(=O)[C@@H](COc3cc(C(F)(F)F)cc(C(F)(F)F)c3)C(C)(C)C(N)=O)C[C@@]2(Cc2ccccc2)C1=O. The Kier molecular flexibility index (Phi) is 8.28. The van der Waals surface area contributed by atoms with E-state index in [2.05, 4.69) is 5.10 Å². The standard InChI is InChI=1S/C29H30F6N4O4/c1-26(2,24(36)41)21(15-43-20-12-18(28(30,31)32)11-19(13-20)29(33,34)35)23(40)39-10-9-22-27(16-39,25(42)38(3)37-22)14-17-7-5-4-6-8-17/h4-8,11-13,21H,9-10,14-16H2,1-3H3,(H2,36,41)/t21-,27-/m1/s1. The second-order valence-corrected chi connectivity index (χ2v) is 11.3. The van der Waals surface area contributed by atoms with E-state index >= 15 is 0 Å². The highest BCUT2D eigenvalue weighted by molar-refractivity contribution is 6.13. The summed E-state index contributed by atoms with van der Waals surface area (Å²) in [6.45, 7) is 1.89. The van der Waals surface area contributed by atoms with Crippen LogP contribution in [-0.2, 0) is 33.2 Å². The fourth-order valence-corrected chi connectivity index (χ4v) is 5.38. The third-order valence-electron chi connectivity index (χ3n) is 8.05. The summed E-state index contributed by atoms with van der Waals surface area (Å²) in [5, 5.41) is 5.60. The van der Waals surface area contributed by atoms with Crippen LogP contribution < -0.4 is 10.5 Å². The number of carbonyl (C=O) groups excluding carboxylic acids is 3. The van der Waals surface area contributed by atoms with Crippen LogP contribution in [0.25, 0.3) is 0 Å². The minimum atomic E-state index is -5.11. The van der Waals surface area contributed by atoms with E-state index in [9.17, 15) is 40.7 Å². The minimum Gasteiger partial charge on any atom is -0.493 e. The summed E-state index contributed by atoms with van der Waals surface area (Å²) in [7, 11) is 1.50. The first-order chi connectivity index (χ1) is 19.9. The number of hydrogen-bond acceptors (Lipinski definition) is 5. The molecule has 0 aromatic heterocycles. The number of fused-ring (bicyclic) bond motifs is 1. The number of ether oxygens (including phenoxy) is 1. The smallest absolute Gasteiger partial charge is 0.416 e. The van der Waals surface area contributed by atoms with Crippen LogP contribution in [0.2, 0.25) is 0 Å². The van der Waals surface area contributed by atoms with E-state index in [1.54, 1.807) is 12.1 Å². The molecule has 0 spiro atoms. The van der Waals surface area contributed by atoms with Gasteiger partial charge in [-0.15, -0.1) is 0 Å². The van der Waals surface area contributed by atoms with E-state index in [0.29, 0.717) is 17.8 Å². The predicted molar refractivity (Wildman–Crippen MR) is 142 cm³/mol. The Morgan fingerprint density at radius 2 is 1.60 bits per heavy atom. The molecule has 2 aliphatic heterocycles. The van der Waals surface area contributed by atoms with E-state index < -0.39 is 64.4 Å². The molecule has 0 saturated carbocycles. The van der Waals surface area contributed by atoms with Crippen LogP contribution >= 0.6 is 0 Å². The summed E-state index contributed by atoms with van der Waals surface area (Å²) in [5.41, 5.74) is 0.956. The van der Waals surface area contributed by atoms with E-state index in [4.69, 9.17) is 10.5 Å². The van der Waals surface area contributed by atoms with Gasteiger partial charge in [0.25, 0.3) is 5.91 Å². The lowest BCUT2D eigenvalue weighted by atomic mass is 9.72. The molecule has 1 fully saturated rings. The van der Waals surface area contributed by atoms with Gasteiger partial charge in [-0.2, -0.15) is 31.4 Å². The van der Waals surface area contributed by atoms with Crippen molar-refractivity contribution in [3.05, 3.63) is 65.2 Å². The molecule has 0 bridgehead atoms. The van der Waals surface area contributed by atoms with Gasteiger partial charge in [0.15, 0.2) is 0 Å². The third-order valence-corrected chi connectivity index (χ3v) is 8.05. The summed E-state index contributed by atoms with van der Waals surface area (Å²) in [5.74, 6) is -4.18. The number of halogens is 6. The second-order valence-electron chi connectivity index (χ2n) is 11.3. The van der Waals surface area contributed by atoms with Crippen LogP contribution in [-0.4, -0.2) is 60.1 Å². The molecule has 2 aromatic carbocycles. The molecule has 2 atom stereocenters. The third kappa shape index (κ3) is 6.32. The van der Waals surface area contributed by atoms with Gasteiger partial charge in [0.2, 0.25) is 11.8 Å². The van der Waals surface area contributed by atoms with Gasteiger partial charge in [0, 0.05) is 26.6 Å². The highest BCUT2D eigenvalue weighted by atomic mass is 19.4. The monoisotopic (exact) mass is 612 g/mol. The molecule has 3 amide bonds. The van der Waals surface area contributed by atoms with E-state index in [1.807, 2.05) is 18.2 Å². The summed E-state index contributed by atoms with van der Waals surface area (Å²) in [6.07, 6.45) is -9.77. The number of amides is 3. The molecule has 0 aliphatic carbocycles. The predicted octanol–water partition coefficient (Wildman–Crippen LogP) is 4.52. The fourth-order valence-electron chi connectivity index (χ4n) is 5.38. The van der Waals surface area contributed by atoms with Gasteiger partial charge >= 0.3 is 12.4 Å². The Balaban J connectivity index is 1.66. The largest absolute Gasteiger partial charge is 0.493 e. The summed E-state index contributed by atoms with van der Waals surface area (Å²) in [4.78, 5) is 41.2. The molecule has 2 N–H and O–H groups in total. The van der Waals surface area contributed by atoms with Crippen molar-refractivity contribution >= 4 is 23.4 Å². The number of primary amides is 1. The highest BCUT2D eigenvalue weighted by Gasteiger charge is 2.55. The van der Waals surface area contributed by atoms with Crippen molar-refractivity contribution in [2.75, 3.05) is 26.7 Å². The zero-order valence-electron chi connectivity index (χ0n) is 23.6. The Hall–Kier alpha value is -4.10.